The van der Waals surface area contributed by atoms with E-state index < -0.39 is 0 Å². The molecule has 0 aromatic carbocycles. The maximum absolute atomic E-state index is 12.1. The van der Waals surface area contributed by atoms with Crippen LogP contribution in [-0.4, -0.2) is 27.3 Å². The van der Waals surface area contributed by atoms with E-state index in [2.05, 4.69) is 15.5 Å². The van der Waals surface area contributed by atoms with Gasteiger partial charge < -0.3 is 9.30 Å². The lowest BCUT2D eigenvalue weighted by Crippen LogP contribution is -2.27. The average Bonchev–Trinajstić information content (AvgIpc) is 2.92. The number of ether oxygens (including phenoxy) is 1. The Morgan fingerprint density at radius 2 is 2.23 bits per heavy atom. The third-order valence-corrected chi connectivity index (χ3v) is 3.92. The molecule has 8 heteroatoms. The van der Waals surface area contributed by atoms with Gasteiger partial charge in [-0.2, -0.15) is 0 Å². The van der Waals surface area contributed by atoms with Crippen LogP contribution in [0.2, 0.25) is 0 Å². The minimum Gasteiger partial charge on any atom is -0.488 e. The van der Waals surface area contributed by atoms with Crippen molar-refractivity contribution in [2.24, 2.45) is 0 Å². The number of aromatic nitrogens is 3. The van der Waals surface area contributed by atoms with Crippen molar-refractivity contribution in [1.82, 2.24) is 14.8 Å². The molecule has 22 heavy (non-hydrogen) atoms. The summed E-state index contributed by atoms with van der Waals surface area (Å²) >= 11 is 1.33. The summed E-state index contributed by atoms with van der Waals surface area (Å²) in [7, 11) is 0. The van der Waals surface area contributed by atoms with Crippen molar-refractivity contribution in [2.75, 3.05) is 11.9 Å². The molecular weight excluding hydrogens is 304 g/mol. The van der Waals surface area contributed by atoms with Crippen LogP contribution < -0.4 is 15.6 Å². The van der Waals surface area contributed by atoms with Gasteiger partial charge in [0.25, 0.3) is 5.56 Å². The molecule has 0 bridgehead atoms. The summed E-state index contributed by atoms with van der Waals surface area (Å²) in [4.78, 5) is 24.1. The third-order valence-electron chi connectivity index (χ3n) is 2.78. The molecule has 1 amide bonds. The number of hydrogen-bond donors (Lipinski definition) is 1. The summed E-state index contributed by atoms with van der Waals surface area (Å²) in [5, 5.41) is 11.8. The Morgan fingerprint density at radius 1 is 1.45 bits per heavy atom. The lowest BCUT2D eigenvalue weighted by Gasteiger charge is -2.07. The first kappa shape index (κ1) is 16.2. The van der Waals surface area contributed by atoms with Crippen molar-refractivity contribution < 1.29 is 9.53 Å². The van der Waals surface area contributed by atoms with Gasteiger partial charge in [0.1, 0.15) is 11.6 Å². The molecule has 0 aliphatic heterocycles. The Balaban J connectivity index is 2.05. The summed E-state index contributed by atoms with van der Waals surface area (Å²) in [6, 6.07) is 3.25. The van der Waals surface area contributed by atoms with Gasteiger partial charge in [0.2, 0.25) is 11.0 Å². The topological polar surface area (TPSA) is 86.1 Å². The lowest BCUT2D eigenvalue weighted by molar-refractivity contribution is -0.116. The molecule has 2 heterocycles. The van der Waals surface area contributed by atoms with E-state index in [0.29, 0.717) is 11.7 Å². The number of anilines is 1. The van der Waals surface area contributed by atoms with E-state index in [0.717, 1.165) is 5.01 Å². The molecule has 0 radical (unpaired) electrons. The molecule has 2 aromatic heterocycles. The van der Waals surface area contributed by atoms with Gasteiger partial charge in [0, 0.05) is 12.1 Å². The van der Waals surface area contributed by atoms with E-state index in [4.69, 9.17) is 4.74 Å². The van der Waals surface area contributed by atoms with Gasteiger partial charge in [-0.15, -0.1) is 10.2 Å². The van der Waals surface area contributed by atoms with Crippen molar-refractivity contribution in [3.8, 4) is 5.75 Å². The van der Waals surface area contributed by atoms with Crippen molar-refractivity contribution in [3.63, 3.8) is 0 Å². The van der Waals surface area contributed by atoms with E-state index in [1.165, 1.54) is 15.9 Å². The zero-order valence-corrected chi connectivity index (χ0v) is 13.5. The average molecular weight is 322 g/mol. The molecule has 2 aromatic rings. The molecular formula is C14H18N4O3S. The highest BCUT2D eigenvalue weighted by atomic mass is 32.1. The highest BCUT2D eigenvalue weighted by Crippen LogP contribution is 2.22. The van der Waals surface area contributed by atoms with Crippen LogP contribution in [0.5, 0.6) is 5.75 Å². The molecule has 0 saturated carbocycles. The summed E-state index contributed by atoms with van der Waals surface area (Å²) in [6.07, 6.45) is 1.55. The predicted molar refractivity (Wildman–Crippen MR) is 84.5 cm³/mol. The Kier molecular flexibility index (Phi) is 5.26. The van der Waals surface area contributed by atoms with E-state index in [1.807, 2.05) is 13.8 Å². The largest absolute Gasteiger partial charge is 0.488 e. The van der Waals surface area contributed by atoms with Crippen molar-refractivity contribution in [2.45, 2.75) is 33.2 Å². The van der Waals surface area contributed by atoms with Crippen LogP contribution in [0.4, 0.5) is 5.13 Å². The number of nitrogens with zero attached hydrogens (tertiary/aromatic N) is 3. The summed E-state index contributed by atoms with van der Waals surface area (Å²) in [5.74, 6) is 0.159. The van der Waals surface area contributed by atoms with E-state index >= 15 is 0 Å². The van der Waals surface area contributed by atoms with Gasteiger partial charge in [-0.1, -0.05) is 25.2 Å². The number of pyridine rings is 1. The fourth-order valence-electron chi connectivity index (χ4n) is 1.74. The Morgan fingerprint density at radius 3 is 2.86 bits per heavy atom. The van der Waals surface area contributed by atoms with Crippen LogP contribution in [0.1, 0.15) is 31.7 Å². The third kappa shape index (κ3) is 3.91. The zero-order chi connectivity index (χ0) is 16.1. The maximum Gasteiger partial charge on any atom is 0.293 e. The van der Waals surface area contributed by atoms with Crippen LogP contribution in [0.25, 0.3) is 0 Å². The SMILES string of the molecule is CCOc1cccn(CC(=O)Nc2nnc(C(C)C)s2)c1=O. The Hall–Kier alpha value is -2.22. The predicted octanol–water partition coefficient (Wildman–Crippen LogP) is 1.86. The minimum atomic E-state index is -0.334. The molecule has 1 N–H and O–H groups in total. The van der Waals surface area contributed by atoms with E-state index in [9.17, 15) is 9.59 Å². The smallest absolute Gasteiger partial charge is 0.293 e. The molecule has 118 valence electrons. The van der Waals surface area contributed by atoms with Gasteiger partial charge in [-0.3, -0.25) is 14.9 Å². The van der Waals surface area contributed by atoms with Gasteiger partial charge >= 0.3 is 0 Å². The first-order valence-corrected chi connectivity index (χ1v) is 7.78. The number of rotatable bonds is 6. The fourth-order valence-corrected chi connectivity index (χ4v) is 2.50. The monoisotopic (exact) mass is 322 g/mol. The molecule has 0 fully saturated rings. The summed E-state index contributed by atoms with van der Waals surface area (Å²) < 4.78 is 6.52. The normalized spacial score (nSPS) is 10.7. The van der Waals surface area contributed by atoms with Gasteiger partial charge in [-0.05, 0) is 19.1 Å². The second-order valence-electron chi connectivity index (χ2n) is 4.89. The summed E-state index contributed by atoms with van der Waals surface area (Å²) in [6.45, 7) is 6.10. The first-order chi connectivity index (χ1) is 10.5. The van der Waals surface area contributed by atoms with Gasteiger partial charge in [-0.25, -0.2) is 0 Å². The van der Waals surface area contributed by atoms with E-state index in [-0.39, 0.29) is 29.7 Å². The van der Waals surface area contributed by atoms with Gasteiger partial charge in [0.05, 0.1) is 6.61 Å². The van der Waals surface area contributed by atoms with Crippen LogP contribution >= 0.6 is 11.3 Å². The van der Waals surface area contributed by atoms with Gasteiger partial charge in [0.15, 0.2) is 5.75 Å². The highest BCUT2D eigenvalue weighted by molar-refractivity contribution is 7.15. The summed E-state index contributed by atoms with van der Waals surface area (Å²) in [5.41, 5.74) is -0.334. The second kappa shape index (κ2) is 7.17. The number of carbonyl (C=O) groups excluding carboxylic acids is 1. The highest BCUT2D eigenvalue weighted by Gasteiger charge is 2.12. The molecule has 0 spiro atoms. The van der Waals surface area contributed by atoms with Crippen molar-refractivity contribution in [1.29, 1.82) is 0 Å². The van der Waals surface area contributed by atoms with Crippen LogP contribution in [-0.2, 0) is 11.3 Å². The molecule has 7 nitrogen and oxygen atoms in total. The standard InChI is InChI=1S/C14H18N4O3S/c1-4-21-10-6-5-7-18(13(10)20)8-11(19)15-14-17-16-12(22-14)9(2)3/h5-7,9H,4,8H2,1-3H3,(H,15,17,19). The fraction of sp³-hybridized carbons (Fsp3) is 0.429. The van der Waals surface area contributed by atoms with E-state index in [1.54, 1.807) is 25.3 Å². The molecule has 0 saturated heterocycles. The quantitative estimate of drug-likeness (QED) is 0.877. The van der Waals surface area contributed by atoms with Crippen molar-refractivity contribution >= 4 is 22.4 Å². The minimum absolute atomic E-state index is 0.101. The number of hydrogen-bond acceptors (Lipinski definition) is 6. The first-order valence-electron chi connectivity index (χ1n) is 6.96. The van der Waals surface area contributed by atoms with Crippen LogP contribution in [0.3, 0.4) is 0 Å². The lowest BCUT2D eigenvalue weighted by atomic mass is 10.2. The number of amides is 1. The molecule has 0 aliphatic carbocycles. The number of nitrogens with one attached hydrogen (secondary N) is 1. The van der Waals surface area contributed by atoms with Crippen LogP contribution in [0, 0.1) is 0 Å². The van der Waals surface area contributed by atoms with Crippen LogP contribution in [0.15, 0.2) is 23.1 Å². The zero-order valence-electron chi connectivity index (χ0n) is 12.7. The molecule has 0 aliphatic rings. The maximum atomic E-state index is 12.1. The Bertz CT molecular complexity index is 708. The molecule has 0 unspecified atom stereocenters. The molecule has 2 rings (SSSR count). The molecule has 0 atom stereocenters. The van der Waals surface area contributed by atoms with Crippen molar-refractivity contribution in [3.05, 3.63) is 33.7 Å². The second-order valence-corrected chi connectivity index (χ2v) is 5.90. The Labute approximate surface area is 132 Å². The number of carbonyl (C=O) groups is 1.